The van der Waals surface area contributed by atoms with Crippen LogP contribution in [0.2, 0.25) is 0 Å². The standard InChI is InChI=1S/C15H31NOS/c1-4-9-14(16-12-5-2)15(6-3)18(17)13-10-7-8-11-13/h13-16H,4-12H2,1-3H3. The van der Waals surface area contributed by atoms with Crippen LogP contribution < -0.4 is 5.32 Å². The van der Waals surface area contributed by atoms with Gasteiger partial charge >= 0.3 is 0 Å². The fourth-order valence-electron chi connectivity index (χ4n) is 3.04. The summed E-state index contributed by atoms with van der Waals surface area (Å²) in [4.78, 5) is 0. The summed E-state index contributed by atoms with van der Waals surface area (Å²) in [5, 5.41) is 4.48. The van der Waals surface area contributed by atoms with Gasteiger partial charge in [0.2, 0.25) is 0 Å². The van der Waals surface area contributed by atoms with Gasteiger partial charge in [-0.15, -0.1) is 0 Å². The van der Waals surface area contributed by atoms with Crippen LogP contribution in [0.5, 0.6) is 0 Å². The highest BCUT2D eigenvalue weighted by Gasteiger charge is 2.31. The Hall–Kier alpha value is 0.110. The van der Waals surface area contributed by atoms with Gasteiger partial charge in [-0.1, -0.05) is 40.0 Å². The van der Waals surface area contributed by atoms with Crippen molar-refractivity contribution in [3.05, 3.63) is 0 Å². The first kappa shape index (κ1) is 16.2. The molecule has 0 aromatic heterocycles. The lowest BCUT2D eigenvalue weighted by Crippen LogP contribution is -2.44. The fourth-order valence-corrected chi connectivity index (χ4v) is 5.22. The maximum atomic E-state index is 12.7. The molecule has 0 radical (unpaired) electrons. The molecule has 2 nitrogen and oxygen atoms in total. The van der Waals surface area contributed by atoms with Crippen LogP contribution in [0.1, 0.15) is 72.1 Å². The van der Waals surface area contributed by atoms with Crippen molar-refractivity contribution < 1.29 is 4.21 Å². The monoisotopic (exact) mass is 273 g/mol. The van der Waals surface area contributed by atoms with E-state index < -0.39 is 10.8 Å². The second-order valence-corrected chi connectivity index (χ2v) is 7.46. The van der Waals surface area contributed by atoms with Gasteiger partial charge in [-0.3, -0.25) is 4.21 Å². The Morgan fingerprint density at radius 3 is 2.33 bits per heavy atom. The lowest BCUT2D eigenvalue weighted by atomic mass is 10.1. The molecule has 0 spiro atoms. The van der Waals surface area contributed by atoms with Crippen LogP contribution in [-0.4, -0.2) is 27.3 Å². The van der Waals surface area contributed by atoms with E-state index in [1.807, 2.05) is 0 Å². The van der Waals surface area contributed by atoms with E-state index in [0.717, 1.165) is 25.8 Å². The van der Waals surface area contributed by atoms with Crippen LogP contribution in [0, 0.1) is 0 Å². The molecular weight excluding hydrogens is 242 g/mol. The van der Waals surface area contributed by atoms with Crippen LogP contribution in [-0.2, 0) is 10.8 Å². The Labute approximate surface area is 116 Å². The molecule has 3 unspecified atom stereocenters. The average Bonchev–Trinajstić information content (AvgIpc) is 2.90. The highest BCUT2D eigenvalue weighted by molar-refractivity contribution is 7.86. The molecule has 0 saturated heterocycles. The quantitative estimate of drug-likeness (QED) is 0.695. The Morgan fingerprint density at radius 2 is 1.83 bits per heavy atom. The van der Waals surface area contributed by atoms with E-state index in [4.69, 9.17) is 0 Å². The van der Waals surface area contributed by atoms with Crippen LogP contribution in [0.15, 0.2) is 0 Å². The topological polar surface area (TPSA) is 29.1 Å². The predicted molar refractivity (Wildman–Crippen MR) is 81.5 cm³/mol. The molecule has 0 amide bonds. The third-order valence-corrected chi connectivity index (χ3v) is 6.42. The minimum absolute atomic E-state index is 0.361. The van der Waals surface area contributed by atoms with Crippen molar-refractivity contribution in [2.45, 2.75) is 88.7 Å². The minimum atomic E-state index is -0.631. The zero-order valence-corrected chi connectivity index (χ0v) is 13.2. The fraction of sp³-hybridized carbons (Fsp3) is 1.00. The summed E-state index contributed by atoms with van der Waals surface area (Å²) in [5.41, 5.74) is 0. The third kappa shape index (κ3) is 4.65. The Bertz CT molecular complexity index is 239. The van der Waals surface area contributed by atoms with Crippen LogP contribution >= 0.6 is 0 Å². The summed E-state index contributed by atoms with van der Waals surface area (Å²) in [7, 11) is -0.631. The third-order valence-electron chi connectivity index (χ3n) is 4.04. The van der Waals surface area contributed by atoms with Gasteiger partial charge in [0.15, 0.2) is 0 Å². The van der Waals surface area contributed by atoms with Gasteiger partial charge in [0.25, 0.3) is 0 Å². The molecule has 0 heterocycles. The molecule has 3 atom stereocenters. The number of hydrogen-bond donors (Lipinski definition) is 1. The first-order valence-electron chi connectivity index (χ1n) is 7.87. The van der Waals surface area contributed by atoms with Gasteiger partial charge < -0.3 is 5.32 Å². The van der Waals surface area contributed by atoms with E-state index in [0.29, 0.717) is 16.5 Å². The van der Waals surface area contributed by atoms with E-state index in [-0.39, 0.29) is 0 Å². The van der Waals surface area contributed by atoms with Crippen molar-refractivity contribution in [1.82, 2.24) is 5.32 Å². The van der Waals surface area contributed by atoms with Crippen molar-refractivity contribution >= 4 is 10.8 Å². The number of hydrogen-bond acceptors (Lipinski definition) is 2. The zero-order valence-electron chi connectivity index (χ0n) is 12.4. The first-order valence-corrected chi connectivity index (χ1v) is 9.14. The Balaban J connectivity index is 2.60. The predicted octanol–water partition coefficient (Wildman–Crippen LogP) is 3.62. The highest BCUT2D eigenvalue weighted by Crippen LogP contribution is 2.27. The lowest BCUT2D eigenvalue weighted by molar-refractivity contribution is 0.446. The Morgan fingerprint density at radius 1 is 1.17 bits per heavy atom. The summed E-state index contributed by atoms with van der Waals surface area (Å²) in [6, 6.07) is 0.460. The Kier molecular flexibility index (Phi) is 8.16. The molecule has 0 bridgehead atoms. The molecule has 1 saturated carbocycles. The number of rotatable bonds is 9. The van der Waals surface area contributed by atoms with Crippen LogP contribution in [0.4, 0.5) is 0 Å². The van der Waals surface area contributed by atoms with Crippen molar-refractivity contribution in [1.29, 1.82) is 0 Å². The maximum Gasteiger partial charge on any atom is 0.0501 e. The molecule has 0 aromatic carbocycles. The van der Waals surface area contributed by atoms with Crippen LogP contribution in [0.25, 0.3) is 0 Å². The molecule has 108 valence electrons. The largest absolute Gasteiger partial charge is 0.313 e. The van der Waals surface area contributed by atoms with Gasteiger partial charge in [0, 0.05) is 22.1 Å². The van der Waals surface area contributed by atoms with Crippen molar-refractivity contribution in [3.8, 4) is 0 Å². The second kappa shape index (κ2) is 9.08. The van der Waals surface area contributed by atoms with Gasteiger partial charge in [-0.05, 0) is 38.6 Å². The van der Waals surface area contributed by atoms with Crippen molar-refractivity contribution in [2.24, 2.45) is 0 Å². The molecule has 0 aliphatic heterocycles. The van der Waals surface area contributed by atoms with E-state index in [1.54, 1.807) is 0 Å². The highest BCUT2D eigenvalue weighted by atomic mass is 32.2. The normalized spacial score (nSPS) is 21.9. The lowest BCUT2D eigenvalue weighted by Gasteiger charge is -2.28. The smallest absolute Gasteiger partial charge is 0.0501 e. The van der Waals surface area contributed by atoms with E-state index in [1.165, 1.54) is 32.1 Å². The van der Waals surface area contributed by atoms with Crippen molar-refractivity contribution in [2.75, 3.05) is 6.54 Å². The molecule has 1 rings (SSSR count). The van der Waals surface area contributed by atoms with Crippen molar-refractivity contribution in [3.63, 3.8) is 0 Å². The molecule has 1 N–H and O–H groups in total. The number of nitrogens with one attached hydrogen (secondary N) is 1. The summed E-state index contributed by atoms with van der Waals surface area (Å²) < 4.78 is 12.7. The summed E-state index contributed by atoms with van der Waals surface area (Å²) in [5.74, 6) is 0. The van der Waals surface area contributed by atoms with E-state index in [2.05, 4.69) is 26.1 Å². The maximum absolute atomic E-state index is 12.7. The molecular formula is C15H31NOS. The summed E-state index contributed by atoms with van der Waals surface area (Å²) in [6.45, 7) is 7.69. The molecule has 1 fully saturated rings. The molecule has 0 aromatic rings. The molecule has 3 heteroatoms. The zero-order chi connectivity index (χ0) is 13.4. The summed E-state index contributed by atoms with van der Waals surface area (Å²) in [6.07, 6.45) is 9.50. The average molecular weight is 273 g/mol. The summed E-state index contributed by atoms with van der Waals surface area (Å²) >= 11 is 0. The van der Waals surface area contributed by atoms with E-state index in [9.17, 15) is 4.21 Å². The minimum Gasteiger partial charge on any atom is -0.313 e. The molecule has 1 aliphatic carbocycles. The van der Waals surface area contributed by atoms with Gasteiger partial charge in [-0.25, -0.2) is 0 Å². The van der Waals surface area contributed by atoms with E-state index >= 15 is 0 Å². The van der Waals surface area contributed by atoms with Gasteiger partial charge in [-0.2, -0.15) is 0 Å². The SMILES string of the molecule is CCCNC(CCC)C(CC)S(=O)C1CCCC1. The van der Waals surface area contributed by atoms with Gasteiger partial charge in [0.05, 0.1) is 5.25 Å². The molecule has 1 aliphatic rings. The molecule has 18 heavy (non-hydrogen) atoms. The second-order valence-electron chi connectivity index (χ2n) is 5.53. The van der Waals surface area contributed by atoms with Crippen LogP contribution in [0.3, 0.4) is 0 Å². The first-order chi connectivity index (χ1) is 8.74. The van der Waals surface area contributed by atoms with Gasteiger partial charge in [0.1, 0.15) is 0 Å².